The van der Waals surface area contributed by atoms with Gasteiger partial charge in [-0.15, -0.1) is 0 Å². The first-order valence-corrected chi connectivity index (χ1v) is 16.1. The first-order valence-electron chi connectivity index (χ1n) is 16.1. The van der Waals surface area contributed by atoms with Crippen molar-refractivity contribution in [1.82, 2.24) is 0 Å². The first-order chi connectivity index (χ1) is 20.7. The Kier molecular flexibility index (Phi) is 7.93. The molecule has 0 aromatic heterocycles. The van der Waals surface area contributed by atoms with Crippen LogP contribution in [0.15, 0.2) is 114 Å². The fraction of sp³-hybridized carbons (Fsp3) is 0.436. The molecule has 0 radical (unpaired) electrons. The van der Waals surface area contributed by atoms with E-state index in [-0.39, 0.29) is 30.2 Å². The van der Waals surface area contributed by atoms with Gasteiger partial charge in [-0.3, -0.25) is 9.59 Å². The Morgan fingerprint density at radius 3 is 2.40 bits per heavy atom. The van der Waals surface area contributed by atoms with E-state index in [1.807, 2.05) is 6.92 Å². The number of carbonyl (C=O) groups excluding carboxylic acids is 2. The van der Waals surface area contributed by atoms with Crippen molar-refractivity contribution < 1.29 is 19.4 Å². The van der Waals surface area contributed by atoms with Crippen LogP contribution in [0.4, 0.5) is 0 Å². The number of aliphatic hydroxyl groups is 1. The molecule has 0 spiro atoms. The average Bonchev–Trinajstić information content (AvgIpc) is 3.73. The zero-order chi connectivity index (χ0) is 30.6. The van der Waals surface area contributed by atoms with Gasteiger partial charge in [0.2, 0.25) is 0 Å². The van der Waals surface area contributed by atoms with Gasteiger partial charge < -0.3 is 9.84 Å². The monoisotopic (exact) mass is 576 g/mol. The van der Waals surface area contributed by atoms with E-state index in [1.54, 1.807) is 0 Å². The molecular formula is C39H44O4. The Balaban J connectivity index is 1.52. The van der Waals surface area contributed by atoms with Crippen molar-refractivity contribution in [3.63, 3.8) is 0 Å². The Hall–Kier alpha value is -3.50. The largest absolute Gasteiger partial charge is 0.466 e. The van der Waals surface area contributed by atoms with Gasteiger partial charge in [-0.25, -0.2) is 0 Å². The molecule has 0 amide bonds. The Labute approximate surface area is 256 Å². The van der Waals surface area contributed by atoms with E-state index < -0.39 is 0 Å². The lowest BCUT2D eigenvalue weighted by molar-refractivity contribution is -0.144. The summed E-state index contributed by atoms with van der Waals surface area (Å²) in [4.78, 5) is 26.2. The SMILES string of the molecule is CCCOC(=O)CC[C@@H]1C2=CC(=CC3=C(C)C(CO)=C(C=C4C=C(C=C5CC6=C2CC(=O)C6=C5C)C(CC)=C4C)C3)[C@H]1C. The van der Waals surface area contributed by atoms with E-state index in [4.69, 9.17) is 4.74 Å². The molecule has 8 bridgehead atoms. The normalized spacial score (nSPS) is 24.8. The molecule has 0 saturated carbocycles. The first kappa shape index (κ1) is 29.6. The lowest BCUT2D eigenvalue weighted by Gasteiger charge is -2.22. The summed E-state index contributed by atoms with van der Waals surface area (Å²) in [5.74, 6) is 0.424. The van der Waals surface area contributed by atoms with Gasteiger partial charge in [0.1, 0.15) is 0 Å². The minimum atomic E-state index is -0.144. The zero-order valence-corrected chi connectivity index (χ0v) is 26.6. The van der Waals surface area contributed by atoms with Crippen molar-refractivity contribution in [3.05, 3.63) is 114 Å². The number of ether oxygens (including phenoxy) is 1. The maximum Gasteiger partial charge on any atom is 0.305 e. The molecule has 6 rings (SSSR count). The van der Waals surface area contributed by atoms with Crippen LogP contribution in [0.2, 0.25) is 0 Å². The van der Waals surface area contributed by atoms with Gasteiger partial charge in [0.15, 0.2) is 5.78 Å². The molecule has 2 atom stereocenters. The number of rotatable bonds is 7. The fourth-order valence-corrected chi connectivity index (χ4v) is 8.07. The summed E-state index contributed by atoms with van der Waals surface area (Å²) in [5, 5.41) is 10.4. The average molecular weight is 577 g/mol. The van der Waals surface area contributed by atoms with E-state index in [0.29, 0.717) is 25.9 Å². The van der Waals surface area contributed by atoms with E-state index >= 15 is 0 Å². The molecule has 0 saturated heterocycles. The fourth-order valence-electron chi connectivity index (χ4n) is 8.07. The zero-order valence-electron chi connectivity index (χ0n) is 26.6. The summed E-state index contributed by atoms with van der Waals surface area (Å²) in [6.07, 6.45) is 16.4. The van der Waals surface area contributed by atoms with Crippen molar-refractivity contribution in [2.24, 2.45) is 11.8 Å². The number of aliphatic hydroxyl groups excluding tert-OH is 1. The molecule has 0 unspecified atom stereocenters. The highest BCUT2D eigenvalue weighted by Gasteiger charge is 2.41. The second-order valence-corrected chi connectivity index (χ2v) is 12.9. The number of fused-ring (bicyclic) bond motifs is 6. The molecule has 6 aliphatic carbocycles. The molecule has 4 heteroatoms. The summed E-state index contributed by atoms with van der Waals surface area (Å²) < 4.78 is 5.44. The third kappa shape index (κ3) is 4.98. The van der Waals surface area contributed by atoms with Gasteiger partial charge in [0.25, 0.3) is 0 Å². The van der Waals surface area contributed by atoms with Gasteiger partial charge in [-0.05, 0) is 149 Å². The molecule has 6 aliphatic rings. The van der Waals surface area contributed by atoms with Crippen LogP contribution in [0.5, 0.6) is 0 Å². The summed E-state index contributed by atoms with van der Waals surface area (Å²) >= 11 is 0. The highest BCUT2D eigenvalue weighted by atomic mass is 16.5. The highest BCUT2D eigenvalue weighted by Crippen LogP contribution is 2.52. The summed E-state index contributed by atoms with van der Waals surface area (Å²) in [5.41, 5.74) is 17.8. The number of hydrogen-bond donors (Lipinski definition) is 1. The summed E-state index contributed by atoms with van der Waals surface area (Å²) in [7, 11) is 0. The van der Waals surface area contributed by atoms with Gasteiger partial charge in [0, 0.05) is 18.4 Å². The van der Waals surface area contributed by atoms with Gasteiger partial charge in [-0.2, -0.15) is 0 Å². The van der Waals surface area contributed by atoms with Crippen molar-refractivity contribution in [2.45, 2.75) is 86.5 Å². The van der Waals surface area contributed by atoms with Crippen LogP contribution in [0.1, 0.15) is 86.5 Å². The smallest absolute Gasteiger partial charge is 0.305 e. The number of esters is 1. The molecule has 0 aliphatic heterocycles. The Morgan fingerprint density at radius 1 is 0.884 bits per heavy atom. The third-order valence-corrected chi connectivity index (χ3v) is 10.6. The number of hydrogen-bond acceptors (Lipinski definition) is 4. The maximum atomic E-state index is 13.6. The maximum absolute atomic E-state index is 13.6. The van der Waals surface area contributed by atoms with E-state index in [0.717, 1.165) is 48.0 Å². The van der Waals surface area contributed by atoms with E-state index in [1.165, 1.54) is 61.3 Å². The lowest BCUT2D eigenvalue weighted by Crippen LogP contribution is -2.15. The molecule has 0 aromatic rings. The second kappa shape index (κ2) is 11.5. The number of allylic oxidation sites excluding steroid dienone is 18. The summed E-state index contributed by atoms with van der Waals surface area (Å²) in [6.45, 7) is 13.4. The minimum Gasteiger partial charge on any atom is -0.466 e. The number of ketones is 1. The predicted octanol–water partition coefficient (Wildman–Crippen LogP) is 8.37. The van der Waals surface area contributed by atoms with Crippen molar-refractivity contribution in [2.75, 3.05) is 13.2 Å². The Morgan fingerprint density at radius 2 is 1.67 bits per heavy atom. The molecule has 224 valence electrons. The van der Waals surface area contributed by atoms with Gasteiger partial charge in [-0.1, -0.05) is 45.1 Å². The number of Topliss-reactive ketones (excluding diaryl/α,β-unsaturated/α-hetero) is 1. The van der Waals surface area contributed by atoms with Crippen molar-refractivity contribution >= 4 is 11.8 Å². The van der Waals surface area contributed by atoms with E-state index in [9.17, 15) is 14.7 Å². The lowest BCUT2D eigenvalue weighted by atomic mass is 9.82. The topological polar surface area (TPSA) is 63.6 Å². The molecule has 4 nitrogen and oxygen atoms in total. The number of carbonyl (C=O) groups is 2. The van der Waals surface area contributed by atoms with Crippen LogP contribution in [-0.4, -0.2) is 30.1 Å². The van der Waals surface area contributed by atoms with Crippen LogP contribution in [0.25, 0.3) is 0 Å². The minimum absolute atomic E-state index is 0.0197. The molecule has 1 N–H and O–H groups in total. The van der Waals surface area contributed by atoms with Gasteiger partial charge in [0.05, 0.1) is 13.2 Å². The molecule has 0 aromatic carbocycles. The van der Waals surface area contributed by atoms with Crippen molar-refractivity contribution in [3.8, 4) is 0 Å². The highest BCUT2D eigenvalue weighted by molar-refractivity contribution is 6.08. The third-order valence-electron chi connectivity index (χ3n) is 10.6. The Bertz CT molecular complexity index is 1650. The molecule has 0 fully saturated rings. The molecule has 43 heavy (non-hydrogen) atoms. The quantitative estimate of drug-likeness (QED) is 0.309. The molecular weight excluding hydrogens is 532 g/mol. The predicted molar refractivity (Wildman–Crippen MR) is 172 cm³/mol. The van der Waals surface area contributed by atoms with Gasteiger partial charge >= 0.3 is 5.97 Å². The van der Waals surface area contributed by atoms with Crippen LogP contribution in [-0.2, 0) is 14.3 Å². The summed E-state index contributed by atoms with van der Waals surface area (Å²) in [6, 6.07) is 0. The van der Waals surface area contributed by atoms with Crippen LogP contribution < -0.4 is 0 Å². The van der Waals surface area contributed by atoms with Crippen LogP contribution >= 0.6 is 0 Å². The van der Waals surface area contributed by atoms with Crippen LogP contribution in [0.3, 0.4) is 0 Å². The second-order valence-electron chi connectivity index (χ2n) is 12.9. The van der Waals surface area contributed by atoms with Crippen molar-refractivity contribution in [1.29, 1.82) is 0 Å². The standard InChI is InChI=1S/C39H44O4/c1-7-11-43-38(42)10-9-32-22(4)27-12-25-14-30(36(20-40)23(25)5)15-26-13-29(31(8-2)21(26)3)16-28-18-35-34(33(32)17-27)19-37(41)39(35)24(28)6/h12-13,15-17,22,32,40H,7-11,14,18-20H2,1-6H3/t22-,32+/m1/s1. The van der Waals surface area contributed by atoms with E-state index in [2.05, 4.69) is 65.0 Å². The molecule has 0 heterocycles. The van der Waals surface area contributed by atoms with Crippen LogP contribution in [0, 0.1) is 11.8 Å².